The number of carbonyl (C=O) groups excluding carboxylic acids is 1. The van der Waals surface area contributed by atoms with E-state index < -0.39 is 0 Å². The van der Waals surface area contributed by atoms with Gasteiger partial charge in [0.1, 0.15) is 0 Å². The molecule has 1 aliphatic rings. The van der Waals surface area contributed by atoms with Crippen LogP contribution in [0.25, 0.3) is 0 Å². The molecule has 0 aliphatic carbocycles. The van der Waals surface area contributed by atoms with E-state index in [0.29, 0.717) is 23.6 Å². The van der Waals surface area contributed by atoms with E-state index >= 15 is 0 Å². The molecule has 25 heavy (non-hydrogen) atoms. The molecule has 8 nitrogen and oxygen atoms in total. The SMILES string of the molecule is Cc1cc(C(=O)N[C@H]2CCCN(c3nccn(C)c3=O)C2)cc(=O)[nH]1. The first-order valence-electron chi connectivity index (χ1n) is 8.22. The van der Waals surface area contributed by atoms with Crippen molar-refractivity contribution in [2.75, 3.05) is 18.0 Å². The summed E-state index contributed by atoms with van der Waals surface area (Å²) in [6, 6.07) is 2.83. The van der Waals surface area contributed by atoms with Gasteiger partial charge in [-0.2, -0.15) is 0 Å². The topological polar surface area (TPSA) is 100 Å². The number of amides is 1. The number of pyridine rings is 1. The Morgan fingerprint density at radius 1 is 1.36 bits per heavy atom. The third-order valence-corrected chi connectivity index (χ3v) is 4.30. The summed E-state index contributed by atoms with van der Waals surface area (Å²) < 4.78 is 1.49. The highest BCUT2D eigenvalue weighted by Crippen LogP contribution is 2.15. The summed E-state index contributed by atoms with van der Waals surface area (Å²) in [5.74, 6) is 0.117. The van der Waals surface area contributed by atoms with Gasteiger partial charge in [0.05, 0.1) is 0 Å². The lowest BCUT2D eigenvalue weighted by Gasteiger charge is -2.33. The second-order valence-electron chi connectivity index (χ2n) is 6.34. The van der Waals surface area contributed by atoms with Gasteiger partial charge in [0, 0.05) is 55.9 Å². The molecule has 0 radical (unpaired) electrons. The minimum atomic E-state index is -0.299. The Labute approximate surface area is 144 Å². The van der Waals surface area contributed by atoms with E-state index in [1.807, 2.05) is 4.90 Å². The van der Waals surface area contributed by atoms with Crippen molar-refractivity contribution >= 4 is 11.7 Å². The zero-order valence-corrected chi connectivity index (χ0v) is 14.3. The van der Waals surface area contributed by atoms with E-state index in [1.165, 1.54) is 10.6 Å². The first-order chi connectivity index (χ1) is 11.9. The number of piperidine rings is 1. The second-order valence-corrected chi connectivity index (χ2v) is 6.34. The Hall–Kier alpha value is -2.90. The number of anilines is 1. The molecule has 2 aromatic heterocycles. The lowest BCUT2D eigenvalue weighted by Crippen LogP contribution is -2.49. The number of nitrogens with zero attached hydrogens (tertiary/aromatic N) is 3. The summed E-state index contributed by atoms with van der Waals surface area (Å²) in [4.78, 5) is 44.9. The molecule has 0 bridgehead atoms. The van der Waals surface area contributed by atoms with E-state index in [4.69, 9.17) is 0 Å². The van der Waals surface area contributed by atoms with Crippen LogP contribution in [-0.4, -0.2) is 39.6 Å². The van der Waals surface area contributed by atoms with Crippen molar-refractivity contribution in [1.82, 2.24) is 19.9 Å². The summed E-state index contributed by atoms with van der Waals surface area (Å²) in [6.45, 7) is 2.97. The van der Waals surface area contributed by atoms with Crippen LogP contribution >= 0.6 is 0 Å². The third kappa shape index (κ3) is 3.78. The van der Waals surface area contributed by atoms with Crippen LogP contribution in [0.15, 0.2) is 34.1 Å². The Bertz CT molecular complexity index is 902. The first kappa shape index (κ1) is 16.9. The van der Waals surface area contributed by atoms with Crippen molar-refractivity contribution in [1.29, 1.82) is 0 Å². The van der Waals surface area contributed by atoms with Crippen molar-refractivity contribution in [2.24, 2.45) is 7.05 Å². The molecule has 3 heterocycles. The molecule has 2 N–H and O–H groups in total. The van der Waals surface area contributed by atoms with Gasteiger partial charge in [-0.15, -0.1) is 0 Å². The number of H-pyrrole nitrogens is 1. The monoisotopic (exact) mass is 343 g/mol. The second kappa shape index (κ2) is 6.92. The zero-order chi connectivity index (χ0) is 18.0. The number of rotatable bonds is 3. The van der Waals surface area contributed by atoms with Crippen molar-refractivity contribution in [2.45, 2.75) is 25.8 Å². The lowest BCUT2D eigenvalue weighted by atomic mass is 10.0. The van der Waals surface area contributed by atoms with Crippen LogP contribution in [0.2, 0.25) is 0 Å². The highest BCUT2D eigenvalue weighted by atomic mass is 16.2. The molecule has 1 atom stereocenters. The van der Waals surface area contributed by atoms with Crippen molar-refractivity contribution in [3.63, 3.8) is 0 Å². The van der Waals surface area contributed by atoms with Crippen LogP contribution in [0.4, 0.5) is 5.82 Å². The number of aromatic amines is 1. The predicted octanol–water partition coefficient (Wildman–Crippen LogP) is 0.176. The first-order valence-corrected chi connectivity index (χ1v) is 8.22. The number of hydrogen-bond acceptors (Lipinski definition) is 5. The van der Waals surface area contributed by atoms with Crippen LogP contribution in [0.3, 0.4) is 0 Å². The summed E-state index contributed by atoms with van der Waals surface area (Å²) in [5.41, 5.74) is 0.527. The summed E-state index contributed by atoms with van der Waals surface area (Å²) in [5, 5.41) is 2.95. The Balaban J connectivity index is 1.73. The van der Waals surface area contributed by atoms with E-state index in [0.717, 1.165) is 19.4 Å². The fourth-order valence-electron chi connectivity index (χ4n) is 3.07. The summed E-state index contributed by atoms with van der Waals surface area (Å²) in [7, 11) is 1.69. The number of hydrogen-bond donors (Lipinski definition) is 2. The fraction of sp³-hybridized carbons (Fsp3) is 0.412. The average molecular weight is 343 g/mol. The molecule has 3 rings (SSSR count). The van der Waals surface area contributed by atoms with Crippen LogP contribution in [-0.2, 0) is 7.05 Å². The van der Waals surface area contributed by atoms with Gasteiger partial charge in [0.15, 0.2) is 5.82 Å². The Kier molecular flexibility index (Phi) is 4.69. The standard InChI is InChI=1S/C17H21N5O3/c1-11-8-12(9-14(23)19-11)16(24)20-13-4-3-6-22(10-13)15-17(25)21(2)7-5-18-15/h5,7-9,13H,3-4,6,10H2,1-2H3,(H,19,23)(H,20,24)/t13-/m0/s1. The minimum absolute atomic E-state index is 0.104. The molecule has 0 spiro atoms. The van der Waals surface area contributed by atoms with Crippen LogP contribution in [0, 0.1) is 6.92 Å². The van der Waals surface area contributed by atoms with Gasteiger partial charge < -0.3 is 19.8 Å². The van der Waals surface area contributed by atoms with E-state index in [2.05, 4.69) is 15.3 Å². The van der Waals surface area contributed by atoms with E-state index in [-0.39, 0.29) is 23.1 Å². The smallest absolute Gasteiger partial charge is 0.293 e. The average Bonchev–Trinajstić information content (AvgIpc) is 2.56. The molecular formula is C17H21N5O3. The van der Waals surface area contributed by atoms with Crippen LogP contribution < -0.4 is 21.3 Å². The number of nitrogens with one attached hydrogen (secondary N) is 2. The highest BCUT2D eigenvalue weighted by Gasteiger charge is 2.24. The molecule has 2 aromatic rings. The maximum absolute atomic E-state index is 12.4. The van der Waals surface area contributed by atoms with Gasteiger partial charge >= 0.3 is 0 Å². The quantitative estimate of drug-likeness (QED) is 0.828. The Morgan fingerprint density at radius 2 is 2.16 bits per heavy atom. The van der Waals surface area contributed by atoms with Gasteiger partial charge in [-0.05, 0) is 25.8 Å². The summed E-state index contributed by atoms with van der Waals surface area (Å²) >= 11 is 0. The zero-order valence-electron chi connectivity index (χ0n) is 14.3. The fourth-order valence-corrected chi connectivity index (χ4v) is 3.07. The molecule has 1 saturated heterocycles. The molecular weight excluding hydrogens is 322 g/mol. The molecule has 8 heteroatoms. The van der Waals surface area contributed by atoms with Crippen molar-refractivity contribution in [3.8, 4) is 0 Å². The van der Waals surface area contributed by atoms with E-state index in [9.17, 15) is 14.4 Å². The van der Waals surface area contributed by atoms with Crippen LogP contribution in [0.1, 0.15) is 28.9 Å². The third-order valence-electron chi connectivity index (χ3n) is 4.30. The molecule has 0 unspecified atom stereocenters. The van der Waals surface area contributed by atoms with Gasteiger partial charge in [-0.25, -0.2) is 4.98 Å². The number of carbonyl (C=O) groups is 1. The molecule has 1 fully saturated rings. The minimum Gasteiger partial charge on any atom is -0.350 e. The lowest BCUT2D eigenvalue weighted by molar-refractivity contribution is 0.0932. The Morgan fingerprint density at radius 3 is 2.92 bits per heavy atom. The molecule has 1 aliphatic heterocycles. The van der Waals surface area contributed by atoms with Crippen molar-refractivity contribution < 1.29 is 4.79 Å². The predicted molar refractivity (Wildman–Crippen MR) is 94.0 cm³/mol. The van der Waals surface area contributed by atoms with E-state index in [1.54, 1.807) is 32.4 Å². The van der Waals surface area contributed by atoms with Crippen LogP contribution in [0.5, 0.6) is 0 Å². The largest absolute Gasteiger partial charge is 0.350 e. The maximum Gasteiger partial charge on any atom is 0.293 e. The van der Waals surface area contributed by atoms with Gasteiger partial charge in [-0.1, -0.05) is 0 Å². The summed E-state index contributed by atoms with van der Waals surface area (Å²) in [6.07, 6.45) is 4.87. The van der Waals surface area contributed by atoms with Gasteiger partial charge in [-0.3, -0.25) is 14.4 Å². The number of aryl methyl sites for hydroxylation is 2. The van der Waals surface area contributed by atoms with Gasteiger partial charge in [0.25, 0.3) is 11.5 Å². The molecule has 0 saturated carbocycles. The highest BCUT2D eigenvalue weighted by molar-refractivity contribution is 5.94. The van der Waals surface area contributed by atoms with Crippen molar-refractivity contribution in [3.05, 3.63) is 56.5 Å². The van der Waals surface area contributed by atoms with Gasteiger partial charge in [0.2, 0.25) is 5.56 Å². The number of aromatic nitrogens is 3. The normalized spacial score (nSPS) is 17.4. The molecule has 0 aromatic carbocycles. The maximum atomic E-state index is 12.4. The molecule has 132 valence electrons. The molecule has 1 amide bonds.